The fourth-order valence-electron chi connectivity index (χ4n) is 2.84. The van der Waals surface area contributed by atoms with Crippen molar-refractivity contribution in [1.29, 1.82) is 0 Å². The lowest BCUT2D eigenvalue weighted by molar-refractivity contribution is -0.206. The minimum absolute atomic E-state index is 0.288. The molecule has 0 aromatic heterocycles. The second kappa shape index (κ2) is 4.34. The maximum Gasteiger partial charge on any atom is 0.392 e. The van der Waals surface area contributed by atoms with E-state index in [0.717, 1.165) is 32.1 Å². The van der Waals surface area contributed by atoms with Gasteiger partial charge >= 0.3 is 6.18 Å². The van der Waals surface area contributed by atoms with E-state index in [4.69, 9.17) is 0 Å². The van der Waals surface area contributed by atoms with Gasteiger partial charge in [0.15, 0.2) is 0 Å². The second-order valence-electron chi connectivity index (χ2n) is 5.23. The Labute approximate surface area is 90.2 Å². The molecule has 0 bridgehead atoms. The number of unbranched alkanes of at least 4 members (excludes halogenated alkanes) is 1. The topological polar surface area (TPSA) is 0 Å². The summed E-state index contributed by atoms with van der Waals surface area (Å²) in [6, 6.07) is 0. The lowest BCUT2D eigenvalue weighted by Crippen LogP contribution is -2.35. The van der Waals surface area contributed by atoms with Crippen molar-refractivity contribution in [2.45, 2.75) is 59.1 Å². The molecule has 0 spiro atoms. The summed E-state index contributed by atoms with van der Waals surface area (Å²) in [7, 11) is 0. The smallest absolute Gasteiger partial charge is 0.171 e. The molecule has 0 aromatic carbocycles. The van der Waals surface area contributed by atoms with Crippen molar-refractivity contribution < 1.29 is 13.2 Å². The highest BCUT2D eigenvalue weighted by molar-refractivity contribution is 5.01. The van der Waals surface area contributed by atoms with Gasteiger partial charge in [0, 0.05) is 0 Å². The minimum atomic E-state index is -4.02. The molecule has 0 aromatic rings. The van der Waals surface area contributed by atoms with Gasteiger partial charge in [0.05, 0.1) is 5.92 Å². The van der Waals surface area contributed by atoms with Gasteiger partial charge in [-0.05, 0) is 30.6 Å². The fraction of sp³-hybridized carbons (Fsp3) is 1.00. The molecular weight excluding hydrogens is 201 g/mol. The van der Waals surface area contributed by atoms with Crippen molar-refractivity contribution in [3.05, 3.63) is 0 Å². The van der Waals surface area contributed by atoms with E-state index in [1.807, 2.05) is 6.92 Å². The monoisotopic (exact) mass is 222 g/mol. The highest BCUT2D eigenvalue weighted by Gasteiger charge is 2.59. The molecule has 0 aliphatic heterocycles. The number of alkyl halides is 3. The molecule has 0 unspecified atom stereocenters. The van der Waals surface area contributed by atoms with Crippen molar-refractivity contribution in [2.24, 2.45) is 17.3 Å². The molecule has 1 rings (SSSR count). The van der Waals surface area contributed by atoms with E-state index < -0.39 is 17.5 Å². The molecule has 0 saturated heterocycles. The van der Waals surface area contributed by atoms with Crippen LogP contribution in [-0.4, -0.2) is 6.18 Å². The average Bonchev–Trinajstić information content (AvgIpc) is 2.79. The third-order valence-electron chi connectivity index (χ3n) is 3.60. The molecule has 1 atom stereocenters. The van der Waals surface area contributed by atoms with Crippen LogP contribution >= 0.6 is 0 Å². The van der Waals surface area contributed by atoms with Gasteiger partial charge in [-0.15, -0.1) is 0 Å². The van der Waals surface area contributed by atoms with Gasteiger partial charge in [-0.25, -0.2) is 0 Å². The Balaban J connectivity index is 2.72. The SMILES string of the molecule is CCCCC1([C@@H](C(C)C)C(F)(F)F)CC1. The van der Waals surface area contributed by atoms with Crippen molar-refractivity contribution >= 4 is 0 Å². The normalized spacial score (nSPS) is 21.8. The Morgan fingerprint density at radius 1 is 1.20 bits per heavy atom. The number of hydrogen-bond donors (Lipinski definition) is 0. The summed E-state index contributed by atoms with van der Waals surface area (Å²) in [5.74, 6) is -1.37. The number of hydrogen-bond acceptors (Lipinski definition) is 0. The first-order valence-corrected chi connectivity index (χ1v) is 5.90. The first-order chi connectivity index (χ1) is 6.83. The first kappa shape index (κ1) is 12.9. The maximum absolute atomic E-state index is 12.9. The zero-order valence-corrected chi connectivity index (χ0v) is 9.82. The Morgan fingerprint density at radius 2 is 1.73 bits per heavy atom. The number of rotatable bonds is 5. The van der Waals surface area contributed by atoms with Crippen LogP contribution in [0.4, 0.5) is 13.2 Å². The molecule has 1 fully saturated rings. The third kappa shape index (κ3) is 2.88. The van der Waals surface area contributed by atoms with E-state index in [1.54, 1.807) is 13.8 Å². The summed E-state index contributed by atoms with van der Waals surface area (Å²) in [5, 5.41) is 0. The van der Waals surface area contributed by atoms with Gasteiger partial charge in [0.2, 0.25) is 0 Å². The van der Waals surface area contributed by atoms with Gasteiger partial charge in [-0.3, -0.25) is 0 Å². The van der Waals surface area contributed by atoms with Gasteiger partial charge in [0.1, 0.15) is 0 Å². The van der Waals surface area contributed by atoms with Crippen LogP contribution in [0.2, 0.25) is 0 Å². The Kier molecular flexibility index (Phi) is 3.72. The molecule has 90 valence electrons. The molecule has 0 heterocycles. The summed E-state index contributed by atoms with van der Waals surface area (Å²) < 4.78 is 38.8. The molecule has 3 heteroatoms. The second-order valence-corrected chi connectivity index (χ2v) is 5.23. The van der Waals surface area contributed by atoms with Crippen molar-refractivity contribution in [3.8, 4) is 0 Å². The highest BCUT2D eigenvalue weighted by Crippen LogP contribution is 2.62. The van der Waals surface area contributed by atoms with Crippen LogP contribution in [0.5, 0.6) is 0 Å². The Morgan fingerprint density at radius 3 is 2.00 bits per heavy atom. The zero-order valence-electron chi connectivity index (χ0n) is 9.82. The fourth-order valence-corrected chi connectivity index (χ4v) is 2.84. The standard InChI is InChI=1S/C12H21F3/c1-4-5-6-11(7-8-11)10(9(2)3)12(13,14)15/h9-10H,4-8H2,1-3H3/t10-/m1/s1. The zero-order chi connectivity index (χ0) is 11.7. The summed E-state index contributed by atoms with van der Waals surface area (Å²) in [6.45, 7) is 5.43. The van der Waals surface area contributed by atoms with E-state index in [-0.39, 0.29) is 5.92 Å². The van der Waals surface area contributed by atoms with E-state index in [1.165, 1.54) is 0 Å². The quantitative estimate of drug-likeness (QED) is 0.627. The van der Waals surface area contributed by atoms with Crippen LogP contribution < -0.4 is 0 Å². The summed E-state index contributed by atoms with van der Waals surface area (Å²) in [4.78, 5) is 0. The molecule has 1 saturated carbocycles. The minimum Gasteiger partial charge on any atom is -0.171 e. The lowest BCUT2D eigenvalue weighted by Gasteiger charge is -2.32. The predicted octanol–water partition coefficient (Wildman–Crippen LogP) is 4.79. The van der Waals surface area contributed by atoms with Crippen molar-refractivity contribution in [1.82, 2.24) is 0 Å². The van der Waals surface area contributed by atoms with Crippen LogP contribution in [0.3, 0.4) is 0 Å². The van der Waals surface area contributed by atoms with Crippen LogP contribution in [0, 0.1) is 17.3 Å². The van der Waals surface area contributed by atoms with Gasteiger partial charge < -0.3 is 0 Å². The molecule has 0 radical (unpaired) electrons. The van der Waals surface area contributed by atoms with E-state index in [9.17, 15) is 13.2 Å². The van der Waals surface area contributed by atoms with Gasteiger partial charge in [-0.2, -0.15) is 13.2 Å². The Bertz CT molecular complexity index is 201. The highest BCUT2D eigenvalue weighted by atomic mass is 19.4. The average molecular weight is 222 g/mol. The predicted molar refractivity (Wildman–Crippen MR) is 55.6 cm³/mol. The molecule has 15 heavy (non-hydrogen) atoms. The molecule has 1 aliphatic rings. The van der Waals surface area contributed by atoms with E-state index in [2.05, 4.69) is 0 Å². The van der Waals surface area contributed by atoms with E-state index >= 15 is 0 Å². The molecular formula is C12H21F3. The Hall–Kier alpha value is -0.210. The summed E-state index contributed by atoms with van der Waals surface area (Å²) >= 11 is 0. The molecule has 0 amide bonds. The van der Waals surface area contributed by atoms with Gasteiger partial charge in [0.25, 0.3) is 0 Å². The first-order valence-electron chi connectivity index (χ1n) is 5.90. The molecule has 0 nitrogen and oxygen atoms in total. The maximum atomic E-state index is 12.9. The van der Waals surface area contributed by atoms with Crippen molar-refractivity contribution in [3.63, 3.8) is 0 Å². The van der Waals surface area contributed by atoms with Crippen molar-refractivity contribution in [2.75, 3.05) is 0 Å². The molecule has 0 N–H and O–H groups in total. The number of halogens is 3. The summed E-state index contributed by atoms with van der Waals surface area (Å²) in [6.07, 6.45) is 0.207. The lowest BCUT2D eigenvalue weighted by atomic mass is 9.77. The van der Waals surface area contributed by atoms with Crippen LogP contribution in [0.25, 0.3) is 0 Å². The van der Waals surface area contributed by atoms with Crippen LogP contribution in [0.15, 0.2) is 0 Å². The largest absolute Gasteiger partial charge is 0.392 e. The van der Waals surface area contributed by atoms with Gasteiger partial charge in [-0.1, -0.05) is 33.6 Å². The summed E-state index contributed by atoms with van der Waals surface area (Å²) in [5.41, 5.74) is -0.400. The molecule has 1 aliphatic carbocycles. The van der Waals surface area contributed by atoms with E-state index in [0.29, 0.717) is 0 Å². The van der Waals surface area contributed by atoms with Crippen LogP contribution in [-0.2, 0) is 0 Å². The van der Waals surface area contributed by atoms with Crippen LogP contribution in [0.1, 0.15) is 52.9 Å². The third-order valence-corrected chi connectivity index (χ3v) is 3.60.